The van der Waals surface area contributed by atoms with E-state index < -0.39 is 0 Å². The zero-order chi connectivity index (χ0) is 11.5. The second-order valence-electron chi connectivity index (χ2n) is 4.35. The molecule has 0 spiro atoms. The van der Waals surface area contributed by atoms with Gasteiger partial charge in [-0.15, -0.1) is 0 Å². The normalized spacial score (nSPS) is 17.9. The predicted molar refractivity (Wildman–Crippen MR) is 62.5 cm³/mol. The van der Waals surface area contributed by atoms with E-state index in [0.29, 0.717) is 17.4 Å². The average molecular weight is 219 g/mol. The summed E-state index contributed by atoms with van der Waals surface area (Å²) < 4.78 is 1.75. The third-order valence-electron chi connectivity index (χ3n) is 3.26. The fraction of sp³-hybridized carbons (Fsp3) is 0.636. The van der Waals surface area contributed by atoms with Crippen LogP contribution in [-0.4, -0.2) is 9.78 Å². The van der Waals surface area contributed by atoms with E-state index in [2.05, 4.69) is 5.10 Å². The molecule has 1 aromatic rings. The lowest BCUT2D eigenvalue weighted by Gasteiger charge is -2.15. The maximum absolute atomic E-state index is 8.90. The maximum atomic E-state index is 8.90. The Bertz CT molecular complexity index is 407. The number of aromatic nitrogens is 2. The molecule has 4 N–H and O–H groups in total. The first-order valence-corrected chi connectivity index (χ1v) is 5.77. The van der Waals surface area contributed by atoms with Crippen molar-refractivity contribution >= 4 is 11.6 Å². The molecule has 0 saturated heterocycles. The van der Waals surface area contributed by atoms with Crippen LogP contribution >= 0.6 is 0 Å². The van der Waals surface area contributed by atoms with Gasteiger partial charge < -0.3 is 11.5 Å². The highest BCUT2D eigenvalue weighted by Crippen LogP contribution is 2.31. The molecule has 16 heavy (non-hydrogen) atoms. The van der Waals surface area contributed by atoms with E-state index in [-0.39, 0.29) is 5.82 Å². The van der Waals surface area contributed by atoms with Crippen molar-refractivity contribution in [2.45, 2.75) is 44.6 Å². The summed E-state index contributed by atoms with van der Waals surface area (Å²) in [6.45, 7) is 0. The van der Waals surface area contributed by atoms with Gasteiger partial charge in [-0.25, -0.2) is 4.68 Å². The summed E-state index contributed by atoms with van der Waals surface area (Å²) in [5.41, 5.74) is 11.9. The minimum atomic E-state index is 0.254. The van der Waals surface area contributed by atoms with Crippen molar-refractivity contribution in [3.8, 4) is 6.07 Å². The van der Waals surface area contributed by atoms with Crippen LogP contribution in [-0.2, 0) is 0 Å². The van der Waals surface area contributed by atoms with Crippen LogP contribution in [0.1, 0.15) is 50.1 Å². The Morgan fingerprint density at radius 2 is 1.81 bits per heavy atom. The zero-order valence-electron chi connectivity index (χ0n) is 9.32. The van der Waals surface area contributed by atoms with Crippen molar-refractivity contribution in [2.24, 2.45) is 0 Å². The molecule has 0 atom stereocenters. The Balaban J connectivity index is 2.29. The second-order valence-corrected chi connectivity index (χ2v) is 4.35. The largest absolute Gasteiger partial charge is 0.383 e. The maximum Gasteiger partial charge on any atom is 0.165 e. The summed E-state index contributed by atoms with van der Waals surface area (Å²) in [6, 6.07) is 2.32. The summed E-state index contributed by atoms with van der Waals surface area (Å²) >= 11 is 0. The SMILES string of the molecule is N#Cc1c(N)nn(C2CCCCCC2)c1N. The van der Waals surface area contributed by atoms with Gasteiger partial charge in [0.1, 0.15) is 17.5 Å². The first-order chi connectivity index (χ1) is 7.74. The highest BCUT2D eigenvalue weighted by Gasteiger charge is 2.21. The monoisotopic (exact) mass is 219 g/mol. The molecule has 0 aliphatic heterocycles. The van der Waals surface area contributed by atoms with Gasteiger partial charge in [0.05, 0.1) is 6.04 Å². The first-order valence-electron chi connectivity index (χ1n) is 5.77. The number of nitrogen functional groups attached to an aromatic ring is 2. The van der Waals surface area contributed by atoms with Gasteiger partial charge in [0.2, 0.25) is 0 Å². The minimum absolute atomic E-state index is 0.254. The van der Waals surface area contributed by atoms with Crippen molar-refractivity contribution in [3.05, 3.63) is 5.56 Å². The molecule has 1 aliphatic carbocycles. The molecule has 1 saturated carbocycles. The Morgan fingerprint density at radius 3 is 2.31 bits per heavy atom. The second kappa shape index (κ2) is 4.44. The van der Waals surface area contributed by atoms with Gasteiger partial charge in [-0.1, -0.05) is 25.7 Å². The molecule has 0 amide bonds. The summed E-state index contributed by atoms with van der Waals surface area (Å²) in [5, 5.41) is 13.1. The molecule has 1 aliphatic rings. The third-order valence-corrected chi connectivity index (χ3v) is 3.26. The van der Waals surface area contributed by atoms with Crippen LogP contribution < -0.4 is 11.5 Å². The lowest BCUT2D eigenvalue weighted by molar-refractivity contribution is 0.412. The van der Waals surface area contributed by atoms with E-state index in [1.165, 1.54) is 25.7 Å². The van der Waals surface area contributed by atoms with Crippen LogP contribution in [0.25, 0.3) is 0 Å². The molecule has 5 heteroatoms. The van der Waals surface area contributed by atoms with Crippen molar-refractivity contribution in [1.82, 2.24) is 9.78 Å². The van der Waals surface area contributed by atoms with Gasteiger partial charge >= 0.3 is 0 Å². The van der Waals surface area contributed by atoms with Crippen LogP contribution in [0.5, 0.6) is 0 Å². The van der Waals surface area contributed by atoms with E-state index in [0.717, 1.165) is 12.8 Å². The molecule has 1 heterocycles. The Kier molecular flexibility index (Phi) is 3.00. The number of hydrogen-bond donors (Lipinski definition) is 2. The Hall–Kier alpha value is -1.70. The molecule has 0 unspecified atom stereocenters. The highest BCUT2D eigenvalue weighted by molar-refractivity contribution is 5.61. The van der Waals surface area contributed by atoms with Gasteiger partial charge in [0, 0.05) is 0 Å². The van der Waals surface area contributed by atoms with Crippen molar-refractivity contribution in [2.75, 3.05) is 11.5 Å². The fourth-order valence-corrected chi connectivity index (χ4v) is 2.36. The summed E-state index contributed by atoms with van der Waals surface area (Å²) in [4.78, 5) is 0. The lowest BCUT2D eigenvalue weighted by Crippen LogP contribution is -2.13. The van der Waals surface area contributed by atoms with E-state index in [1.54, 1.807) is 4.68 Å². The number of anilines is 2. The molecule has 1 aromatic heterocycles. The third kappa shape index (κ3) is 1.83. The van der Waals surface area contributed by atoms with E-state index in [1.807, 2.05) is 6.07 Å². The van der Waals surface area contributed by atoms with Crippen LogP contribution in [0, 0.1) is 11.3 Å². The smallest absolute Gasteiger partial charge is 0.165 e. The number of hydrogen-bond acceptors (Lipinski definition) is 4. The van der Waals surface area contributed by atoms with Crippen LogP contribution in [0.4, 0.5) is 11.6 Å². The van der Waals surface area contributed by atoms with Crippen molar-refractivity contribution in [1.29, 1.82) is 5.26 Å². The standard InChI is InChI=1S/C11H17N5/c12-7-9-10(13)15-16(11(9)14)8-5-3-1-2-4-6-8/h8H,1-6,14H2,(H2,13,15). The quantitative estimate of drug-likeness (QED) is 0.704. The number of rotatable bonds is 1. The lowest BCUT2D eigenvalue weighted by atomic mass is 10.1. The van der Waals surface area contributed by atoms with E-state index in [4.69, 9.17) is 16.7 Å². The number of nitrogens with zero attached hydrogens (tertiary/aromatic N) is 3. The summed E-state index contributed by atoms with van der Waals surface area (Å²) in [6.07, 6.45) is 7.11. The van der Waals surface area contributed by atoms with Crippen LogP contribution in [0.2, 0.25) is 0 Å². The first kappa shape index (κ1) is 10.8. The molecule has 5 nitrogen and oxygen atoms in total. The van der Waals surface area contributed by atoms with Gasteiger partial charge in [0.15, 0.2) is 5.82 Å². The molecular formula is C11H17N5. The summed E-state index contributed by atoms with van der Waals surface area (Å²) in [7, 11) is 0. The average Bonchev–Trinajstić information content (AvgIpc) is 2.49. The molecule has 0 aromatic carbocycles. The molecule has 0 bridgehead atoms. The number of nitriles is 1. The van der Waals surface area contributed by atoms with E-state index in [9.17, 15) is 0 Å². The Morgan fingerprint density at radius 1 is 1.19 bits per heavy atom. The minimum Gasteiger partial charge on any atom is -0.383 e. The topological polar surface area (TPSA) is 93.6 Å². The number of nitrogens with two attached hydrogens (primary N) is 2. The van der Waals surface area contributed by atoms with Crippen molar-refractivity contribution in [3.63, 3.8) is 0 Å². The Labute approximate surface area is 95.0 Å². The fourth-order valence-electron chi connectivity index (χ4n) is 2.36. The van der Waals surface area contributed by atoms with Crippen molar-refractivity contribution < 1.29 is 0 Å². The van der Waals surface area contributed by atoms with Gasteiger partial charge in [-0.3, -0.25) is 0 Å². The van der Waals surface area contributed by atoms with Gasteiger partial charge in [-0.2, -0.15) is 10.4 Å². The molecular weight excluding hydrogens is 202 g/mol. The van der Waals surface area contributed by atoms with Gasteiger partial charge in [0.25, 0.3) is 0 Å². The van der Waals surface area contributed by atoms with Gasteiger partial charge in [-0.05, 0) is 12.8 Å². The van der Waals surface area contributed by atoms with Crippen LogP contribution in [0.3, 0.4) is 0 Å². The molecule has 1 fully saturated rings. The summed E-state index contributed by atoms with van der Waals surface area (Å²) in [5.74, 6) is 0.677. The molecule has 86 valence electrons. The predicted octanol–water partition coefficient (Wildman–Crippen LogP) is 1.81. The highest BCUT2D eigenvalue weighted by atomic mass is 15.3. The molecule has 2 rings (SSSR count). The molecule has 0 radical (unpaired) electrons. The van der Waals surface area contributed by atoms with Crippen LogP contribution in [0.15, 0.2) is 0 Å². The van der Waals surface area contributed by atoms with E-state index >= 15 is 0 Å². The zero-order valence-corrected chi connectivity index (χ0v) is 9.32.